The number of hydrogen-bond donors (Lipinski definition) is 2. The van der Waals surface area contributed by atoms with Gasteiger partial charge in [0.25, 0.3) is 5.91 Å². The van der Waals surface area contributed by atoms with Crippen molar-refractivity contribution in [1.29, 1.82) is 0 Å². The van der Waals surface area contributed by atoms with Gasteiger partial charge in [-0.1, -0.05) is 50.2 Å². The summed E-state index contributed by atoms with van der Waals surface area (Å²) in [6.45, 7) is 11.3. The molecule has 2 N–H and O–H groups in total. The number of likely N-dealkylation sites (tertiary alicyclic amines) is 1. The lowest BCUT2D eigenvalue weighted by Crippen LogP contribution is -2.36. The van der Waals surface area contributed by atoms with Crippen LogP contribution in [-0.4, -0.2) is 41.2 Å². The van der Waals surface area contributed by atoms with Gasteiger partial charge in [-0.15, -0.1) is 0 Å². The van der Waals surface area contributed by atoms with Crippen LogP contribution in [0.15, 0.2) is 42.5 Å². The van der Waals surface area contributed by atoms with E-state index in [1.165, 1.54) is 5.56 Å². The number of carbonyl (C=O) groups excluding carboxylic acids is 1. The van der Waals surface area contributed by atoms with Crippen LogP contribution in [-0.2, 0) is 17.9 Å². The number of rotatable bonds is 8. The van der Waals surface area contributed by atoms with E-state index in [2.05, 4.69) is 60.5 Å². The van der Waals surface area contributed by atoms with Crippen LogP contribution >= 0.6 is 0 Å². The fourth-order valence-electron chi connectivity index (χ4n) is 3.90. The zero-order chi connectivity index (χ0) is 22.4. The summed E-state index contributed by atoms with van der Waals surface area (Å²) in [4.78, 5) is 15.0. The topological polar surface area (TPSA) is 61.8 Å². The first-order valence-electron chi connectivity index (χ1n) is 11.3. The highest BCUT2D eigenvalue weighted by Gasteiger charge is 2.18. The van der Waals surface area contributed by atoms with Gasteiger partial charge in [-0.2, -0.15) is 0 Å². The summed E-state index contributed by atoms with van der Waals surface area (Å²) in [7, 11) is 0. The summed E-state index contributed by atoms with van der Waals surface area (Å²) in [5.74, 6) is 0.999. The number of piperidine rings is 1. The Labute approximate surface area is 186 Å². The average molecular weight is 425 g/mol. The van der Waals surface area contributed by atoms with Crippen molar-refractivity contribution >= 4 is 5.91 Å². The van der Waals surface area contributed by atoms with Gasteiger partial charge in [0.15, 0.2) is 6.10 Å². The number of nitrogens with one attached hydrogen (secondary N) is 1. The van der Waals surface area contributed by atoms with Crippen molar-refractivity contribution < 1.29 is 14.6 Å². The quantitative estimate of drug-likeness (QED) is 0.668. The Morgan fingerprint density at radius 3 is 2.39 bits per heavy atom. The molecule has 1 saturated heterocycles. The van der Waals surface area contributed by atoms with E-state index in [4.69, 9.17) is 4.74 Å². The van der Waals surface area contributed by atoms with E-state index in [1.54, 1.807) is 6.92 Å². The molecular formula is C26H36N2O3. The van der Waals surface area contributed by atoms with Crippen LogP contribution in [0.2, 0.25) is 0 Å². The molecular weight excluding hydrogens is 388 g/mol. The molecule has 1 amide bonds. The van der Waals surface area contributed by atoms with Crippen molar-refractivity contribution in [2.24, 2.45) is 0 Å². The maximum atomic E-state index is 12.6. The maximum Gasteiger partial charge on any atom is 0.261 e. The van der Waals surface area contributed by atoms with E-state index < -0.39 is 6.10 Å². The smallest absolute Gasteiger partial charge is 0.261 e. The first kappa shape index (κ1) is 23.3. The number of nitrogens with zero attached hydrogens (tertiary/aromatic N) is 1. The number of aliphatic hydroxyl groups excluding tert-OH is 1. The summed E-state index contributed by atoms with van der Waals surface area (Å²) in [6, 6.07) is 14.5. The van der Waals surface area contributed by atoms with Crippen molar-refractivity contribution in [2.45, 2.75) is 71.8 Å². The third kappa shape index (κ3) is 6.81. The molecule has 5 nitrogen and oxygen atoms in total. The molecule has 3 rings (SSSR count). The third-order valence-corrected chi connectivity index (χ3v) is 5.92. The summed E-state index contributed by atoms with van der Waals surface area (Å²) in [6.07, 6.45) is 1.00. The van der Waals surface area contributed by atoms with Gasteiger partial charge in [-0.3, -0.25) is 9.69 Å². The van der Waals surface area contributed by atoms with E-state index in [1.807, 2.05) is 13.0 Å². The molecule has 1 aliphatic rings. The highest BCUT2D eigenvalue weighted by Crippen LogP contribution is 2.28. The molecule has 31 heavy (non-hydrogen) atoms. The predicted molar refractivity (Wildman–Crippen MR) is 124 cm³/mol. The molecule has 0 spiro atoms. The van der Waals surface area contributed by atoms with E-state index in [0.29, 0.717) is 12.5 Å². The van der Waals surface area contributed by atoms with Crippen LogP contribution in [0.4, 0.5) is 0 Å². The molecule has 0 bridgehead atoms. The summed E-state index contributed by atoms with van der Waals surface area (Å²) < 4.78 is 6.01. The molecule has 1 atom stereocenters. The Kier molecular flexibility index (Phi) is 8.10. The van der Waals surface area contributed by atoms with E-state index >= 15 is 0 Å². The van der Waals surface area contributed by atoms with Crippen molar-refractivity contribution in [2.75, 3.05) is 13.1 Å². The zero-order valence-electron chi connectivity index (χ0n) is 19.2. The van der Waals surface area contributed by atoms with Gasteiger partial charge in [-0.05, 0) is 60.9 Å². The SMILES string of the molecule is Cc1ccc(C(C)C)c(OC(C)C(=O)NCc2ccc(CN3CCC(O)CC3)cc2)c1. The second-order valence-corrected chi connectivity index (χ2v) is 9.00. The standard InChI is InChI=1S/C26H36N2O3/c1-18(2)24-10-5-19(3)15-25(24)31-20(4)26(30)27-16-21-6-8-22(9-7-21)17-28-13-11-23(29)12-14-28/h5-10,15,18,20,23,29H,11-14,16-17H2,1-4H3,(H,27,30). The fourth-order valence-corrected chi connectivity index (χ4v) is 3.90. The van der Waals surface area contributed by atoms with Gasteiger partial charge in [0, 0.05) is 26.2 Å². The van der Waals surface area contributed by atoms with Gasteiger partial charge in [0.05, 0.1) is 6.10 Å². The number of aryl methyl sites for hydroxylation is 1. The maximum absolute atomic E-state index is 12.6. The molecule has 1 aliphatic heterocycles. The molecule has 1 heterocycles. The molecule has 1 fully saturated rings. The fraction of sp³-hybridized carbons (Fsp3) is 0.500. The number of hydrogen-bond acceptors (Lipinski definition) is 4. The van der Waals surface area contributed by atoms with Crippen LogP contribution < -0.4 is 10.1 Å². The number of aliphatic hydroxyl groups is 1. The molecule has 5 heteroatoms. The summed E-state index contributed by atoms with van der Waals surface area (Å²) >= 11 is 0. The molecule has 0 radical (unpaired) electrons. The second-order valence-electron chi connectivity index (χ2n) is 9.00. The zero-order valence-corrected chi connectivity index (χ0v) is 19.2. The Morgan fingerprint density at radius 1 is 1.10 bits per heavy atom. The van der Waals surface area contributed by atoms with Crippen LogP contribution in [0.1, 0.15) is 61.8 Å². The Bertz CT molecular complexity index is 855. The van der Waals surface area contributed by atoms with Crippen LogP contribution in [0.25, 0.3) is 0 Å². The molecule has 168 valence electrons. The predicted octanol–water partition coefficient (Wildman–Crippen LogP) is 4.16. The largest absolute Gasteiger partial charge is 0.481 e. The molecule has 0 aromatic heterocycles. The van der Waals surface area contributed by atoms with Gasteiger partial charge in [0.1, 0.15) is 5.75 Å². The minimum absolute atomic E-state index is 0.118. The van der Waals surface area contributed by atoms with Crippen LogP contribution in [0, 0.1) is 6.92 Å². The Balaban J connectivity index is 1.49. The first-order chi connectivity index (χ1) is 14.8. The average Bonchev–Trinajstić information content (AvgIpc) is 2.74. The van der Waals surface area contributed by atoms with E-state index in [9.17, 15) is 9.90 Å². The second kappa shape index (κ2) is 10.8. The van der Waals surface area contributed by atoms with Crippen molar-refractivity contribution in [3.63, 3.8) is 0 Å². The van der Waals surface area contributed by atoms with E-state index in [-0.39, 0.29) is 12.0 Å². The lowest BCUT2D eigenvalue weighted by Gasteiger charge is -2.29. The minimum atomic E-state index is -0.562. The summed E-state index contributed by atoms with van der Waals surface area (Å²) in [5.41, 5.74) is 4.55. The van der Waals surface area contributed by atoms with Gasteiger partial charge in [0.2, 0.25) is 0 Å². The highest BCUT2D eigenvalue weighted by atomic mass is 16.5. The minimum Gasteiger partial charge on any atom is -0.481 e. The van der Waals surface area contributed by atoms with Crippen molar-refractivity contribution in [3.8, 4) is 5.75 Å². The lowest BCUT2D eigenvalue weighted by molar-refractivity contribution is -0.127. The first-order valence-corrected chi connectivity index (χ1v) is 11.3. The monoisotopic (exact) mass is 424 g/mol. The van der Waals surface area contributed by atoms with Crippen LogP contribution in [0.3, 0.4) is 0 Å². The Morgan fingerprint density at radius 2 is 1.74 bits per heavy atom. The molecule has 2 aromatic carbocycles. The third-order valence-electron chi connectivity index (χ3n) is 5.92. The number of ether oxygens (including phenoxy) is 1. The van der Waals surface area contributed by atoms with Crippen molar-refractivity contribution in [3.05, 3.63) is 64.7 Å². The van der Waals surface area contributed by atoms with Gasteiger partial charge >= 0.3 is 0 Å². The normalized spacial score (nSPS) is 16.3. The van der Waals surface area contributed by atoms with Gasteiger partial charge < -0.3 is 15.2 Å². The molecule has 0 aliphatic carbocycles. The number of carbonyl (C=O) groups is 1. The van der Waals surface area contributed by atoms with E-state index in [0.717, 1.165) is 54.9 Å². The number of amides is 1. The van der Waals surface area contributed by atoms with Crippen LogP contribution in [0.5, 0.6) is 5.75 Å². The van der Waals surface area contributed by atoms with Crippen molar-refractivity contribution in [1.82, 2.24) is 10.2 Å². The lowest BCUT2D eigenvalue weighted by atomic mass is 10.0. The Hall–Kier alpha value is -2.37. The summed E-state index contributed by atoms with van der Waals surface area (Å²) in [5, 5.41) is 12.6. The molecule has 0 saturated carbocycles. The molecule has 2 aromatic rings. The van der Waals surface area contributed by atoms with Gasteiger partial charge in [-0.25, -0.2) is 0 Å². The highest BCUT2D eigenvalue weighted by molar-refractivity contribution is 5.80. The molecule has 1 unspecified atom stereocenters. The number of benzene rings is 2.